The molecule has 0 radical (unpaired) electrons. The van der Waals surface area contributed by atoms with E-state index in [9.17, 15) is 9.59 Å². The van der Waals surface area contributed by atoms with Gasteiger partial charge >= 0.3 is 0 Å². The minimum Gasteiger partial charge on any atom is -0.345 e. The number of amides is 2. The third-order valence-corrected chi connectivity index (χ3v) is 5.66. The molecule has 1 aromatic heterocycles. The molecule has 1 heterocycles. The van der Waals surface area contributed by atoms with E-state index in [1.54, 1.807) is 24.3 Å². The Labute approximate surface area is 180 Å². The topological polar surface area (TPSA) is 86.9 Å². The highest BCUT2D eigenvalue weighted by molar-refractivity contribution is 6.33. The number of benzene rings is 2. The fourth-order valence-electron chi connectivity index (χ4n) is 3.77. The summed E-state index contributed by atoms with van der Waals surface area (Å²) in [4.78, 5) is 25.6. The summed E-state index contributed by atoms with van der Waals surface area (Å²) >= 11 is 6.16. The molecular formula is C23H23ClN4O2. The van der Waals surface area contributed by atoms with Crippen LogP contribution in [0.25, 0.3) is 0 Å². The van der Waals surface area contributed by atoms with Crippen molar-refractivity contribution in [3.63, 3.8) is 0 Å². The second-order valence-corrected chi connectivity index (χ2v) is 7.81. The molecule has 0 aliphatic heterocycles. The van der Waals surface area contributed by atoms with Gasteiger partial charge in [-0.2, -0.15) is 5.10 Å². The van der Waals surface area contributed by atoms with Crippen LogP contribution in [0.3, 0.4) is 0 Å². The van der Waals surface area contributed by atoms with Crippen LogP contribution in [0.5, 0.6) is 0 Å². The quantitative estimate of drug-likeness (QED) is 0.548. The smallest absolute Gasteiger partial charge is 0.253 e. The third kappa shape index (κ3) is 4.54. The molecule has 0 saturated heterocycles. The number of carbonyl (C=O) groups is 2. The largest absolute Gasteiger partial charge is 0.345 e. The second kappa shape index (κ2) is 9.13. The average molecular weight is 423 g/mol. The number of hydrogen-bond donors (Lipinski definition) is 3. The number of hydrogen-bond acceptors (Lipinski definition) is 3. The number of halogens is 1. The lowest BCUT2D eigenvalue weighted by molar-refractivity contribution is -0.116. The molecule has 1 aliphatic rings. The van der Waals surface area contributed by atoms with Gasteiger partial charge in [-0.05, 0) is 43.4 Å². The normalized spacial score (nSPS) is 13.9. The molecule has 4 rings (SSSR count). The number of fused-ring (bicyclic) bond motifs is 1. The Morgan fingerprint density at radius 3 is 2.57 bits per heavy atom. The van der Waals surface area contributed by atoms with E-state index in [0.717, 1.165) is 42.5 Å². The maximum absolute atomic E-state index is 12.8. The number of H-pyrrole nitrogens is 1. The van der Waals surface area contributed by atoms with Crippen LogP contribution in [0.1, 0.15) is 52.5 Å². The van der Waals surface area contributed by atoms with Crippen LogP contribution >= 0.6 is 11.6 Å². The van der Waals surface area contributed by atoms with Crippen molar-refractivity contribution in [3.05, 3.63) is 82.0 Å². The maximum atomic E-state index is 12.8. The lowest BCUT2D eigenvalue weighted by Gasteiger charge is -2.19. The minimum atomic E-state index is -0.496. The highest BCUT2D eigenvalue weighted by atomic mass is 35.5. The molecular weight excluding hydrogens is 400 g/mol. The van der Waals surface area contributed by atoms with Crippen molar-refractivity contribution in [1.82, 2.24) is 15.5 Å². The fourth-order valence-corrected chi connectivity index (χ4v) is 3.99. The van der Waals surface area contributed by atoms with Gasteiger partial charge in [0.2, 0.25) is 5.91 Å². The van der Waals surface area contributed by atoms with E-state index < -0.39 is 6.04 Å². The van der Waals surface area contributed by atoms with Crippen molar-refractivity contribution in [2.45, 2.75) is 38.1 Å². The summed E-state index contributed by atoms with van der Waals surface area (Å²) in [7, 11) is 0. The van der Waals surface area contributed by atoms with Crippen molar-refractivity contribution in [2.24, 2.45) is 0 Å². The molecule has 0 spiro atoms. The molecule has 30 heavy (non-hydrogen) atoms. The molecule has 6 nitrogen and oxygen atoms in total. The van der Waals surface area contributed by atoms with Crippen LogP contribution in [-0.2, 0) is 17.6 Å². The first-order chi connectivity index (χ1) is 14.6. The molecule has 7 heteroatoms. The second-order valence-electron chi connectivity index (χ2n) is 7.41. The van der Waals surface area contributed by atoms with E-state index in [1.807, 2.05) is 30.3 Å². The zero-order valence-electron chi connectivity index (χ0n) is 16.5. The molecule has 0 bridgehead atoms. The Morgan fingerprint density at radius 2 is 1.77 bits per heavy atom. The average Bonchev–Trinajstić information content (AvgIpc) is 3.17. The van der Waals surface area contributed by atoms with Crippen LogP contribution in [0.15, 0.2) is 54.6 Å². The van der Waals surface area contributed by atoms with Gasteiger partial charge < -0.3 is 10.6 Å². The zero-order valence-corrected chi connectivity index (χ0v) is 17.2. The van der Waals surface area contributed by atoms with E-state index >= 15 is 0 Å². The maximum Gasteiger partial charge on any atom is 0.253 e. The first-order valence-electron chi connectivity index (χ1n) is 10.1. The van der Waals surface area contributed by atoms with Crippen LogP contribution in [0.2, 0.25) is 5.02 Å². The van der Waals surface area contributed by atoms with Crippen LogP contribution in [0, 0.1) is 0 Å². The van der Waals surface area contributed by atoms with Crippen molar-refractivity contribution >= 4 is 29.2 Å². The Bertz CT molecular complexity index is 1050. The summed E-state index contributed by atoms with van der Waals surface area (Å²) in [6.07, 6.45) is 4.18. The van der Waals surface area contributed by atoms with Gasteiger partial charge in [-0.25, -0.2) is 0 Å². The number of rotatable bonds is 6. The summed E-state index contributed by atoms with van der Waals surface area (Å²) in [5.74, 6) is 0.0709. The van der Waals surface area contributed by atoms with E-state index in [2.05, 4.69) is 20.8 Å². The predicted octanol–water partition coefficient (Wildman–Crippen LogP) is 4.44. The number of aryl methyl sites for hydroxylation is 1. The zero-order chi connectivity index (χ0) is 20.9. The van der Waals surface area contributed by atoms with Crippen molar-refractivity contribution in [3.8, 4) is 0 Å². The molecule has 0 saturated carbocycles. The number of carbonyl (C=O) groups excluding carboxylic acids is 2. The standard InChI is InChI=1S/C23H23ClN4O2/c24-18-12-6-4-10-16(18)23(30)25-20(15-8-2-1-3-9-15)14-21(29)26-22-17-11-5-7-13-19(17)27-28-22/h1-4,6,8-10,12,20H,5,7,11,13-14H2,(H,25,30)(H2,26,27,28,29). The molecule has 0 fully saturated rings. The van der Waals surface area contributed by atoms with Crippen LogP contribution < -0.4 is 10.6 Å². The van der Waals surface area contributed by atoms with E-state index in [4.69, 9.17) is 11.6 Å². The Morgan fingerprint density at radius 1 is 1.03 bits per heavy atom. The molecule has 2 amide bonds. The summed E-state index contributed by atoms with van der Waals surface area (Å²) in [6, 6.07) is 15.8. The molecule has 154 valence electrons. The van der Waals surface area contributed by atoms with Gasteiger partial charge in [-0.15, -0.1) is 0 Å². The number of anilines is 1. The number of aromatic nitrogens is 2. The van der Waals surface area contributed by atoms with Gasteiger partial charge in [-0.1, -0.05) is 54.1 Å². The van der Waals surface area contributed by atoms with Crippen molar-refractivity contribution in [2.75, 3.05) is 5.32 Å². The molecule has 1 atom stereocenters. The number of nitrogens with zero attached hydrogens (tertiary/aromatic N) is 1. The summed E-state index contributed by atoms with van der Waals surface area (Å²) in [6.45, 7) is 0. The summed E-state index contributed by atoms with van der Waals surface area (Å²) < 4.78 is 0. The Hall–Kier alpha value is -3.12. The van der Waals surface area contributed by atoms with E-state index in [0.29, 0.717) is 16.4 Å². The van der Waals surface area contributed by atoms with Gasteiger partial charge in [0.25, 0.3) is 5.91 Å². The van der Waals surface area contributed by atoms with Crippen LogP contribution in [0.4, 0.5) is 5.82 Å². The summed E-state index contributed by atoms with van der Waals surface area (Å²) in [5, 5.41) is 13.5. The molecule has 3 N–H and O–H groups in total. The molecule has 3 aromatic rings. The third-order valence-electron chi connectivity index (χ3n) is 5.33. The number of aromatic amines is 1. The number of nitrogens with one attached hydrogen (secondary N) is 3. The van der Waals surface area contributed by atoms with Gasteiger partial charge in [0.1, 0.15) is 0 Å². The van der Waals surface area contributed by atoms with Crippen molar-refractivity contribution < 1.29 is 9.59 Å². The molecule has 1 unspecified atom stereocenters. The molecule has 2 aromatic carbocycles. The van der Waals surface area contributed by atoms with Crippen molar-refractivity contribution in [1.29, 1.82) is 0 Å². The van der Waals surface area contributed by atoms with E-state index in [-0.39, 0.29) is 18.2 Å². The van der Waals surface area contributed by atoms with Gasteiger partial charge in [0.15, 0.2) is 5.82 Å². The SMILES string of the molecule is O=C(CC(NC(=O)c1ccccc1Cl)c1ccccc1)Nc1n[nH]c2c1CCCC2. The summed E-state index contributed by atoms with van der Waals surface area (Å²) in [5.41, 5.74) is 3.41. The van der Waals surface area contributed by atoms with Gasteiger partial charge in [0, 0.05) is 11.3 Å². The van der Waals surface area contributed by atoms with Crippen LogP contribution in [-0.4, -0.2) is 22.0 Å². The van der Waals surface area contributed by atoms with E-state index in [1.165, 1.54) is 0 Å². The lowest BCUT2D eigenvalue weighted by Crippen LogP contribution is -2.32. The fraction of sp³-hybridized carbons (Fsp3) is 0.261. The first kappa shape index (κ1) is 20.2. The Balaban J connectivity index is 1.50. The highest BCUT2D eigenvalue weighted by Gasteiger charge is 2.23. The highest BCUT2D eigenvalue weighted by Crippen LogP contribution is 2.26. The monoisotopic (exact) mass is 422 g/mol. The predicted molar refractivity (Wildman–Crippen MR) is 117 cm³/mol. The van der Waals surface area contributed by atoms with Gasteiger partial charge in [-0.3, -0.25) is 14.7 Å². The minimum absolute atomic E-state index is 0.0852. The lowest BCUT2D eigenvalue weighted by atomic mass is 9.97. The first-order valence-corrected chi connectivity index (χ1v) is 10.5. The Kier molecular flexibility index (Phi) is 6.14. The van der Waals surface area contributed by atoms with Gasteiger partial charge in [0.05, 0.1) is 23.0 Å². The molecule has 1 aliphatic carbocycles.